The van der Waals surface area contributed by atoms with Gasteiger partial charge in [-0.05, 0) is 54.8 Å². The molecule has 0 bridgehead atoms. The van der Waals surface area contributed by atoms with Gasteiger partial charge in [0.25, 0.3) is 5.91 Å². The third-order valence-electron chi connectivity index (χ3n) is 5.65. The Bertz CT molecular complexity index is 1340. The van der Waals surface area contributed by atoms with Crippen molar-refractivity contribution in [2.24, 2.45) is 5.73 Å². The van der Waals surface area contributed by atoms with Gasteiger partial charge in [0.05, 0.1) is 5.56 Å². The zero-order chi connectivity index (χ0) is 27.9. The maximum Gasteiger partial charge on any atom is 0.435 e. The van der Waals surface area contributed by atoms with E-state index in [-0.39, 0.29) is 39.1 Å². The summed E-state index contributed by atoms with van der Waals surface area (Å²) in [6, 6.07) is 9.32. The molecule has 0 aliphatic rings. The first-order valence-electron chi connectivity index (χ1n) is 10.4. The standard InChI is InChI=1S/C25H18F8N2O2/c1-12-9-15(23(27,24(28,29)30)25(31,32)33)10-13(2)20(12)17-8-7-14(21(34)36)11-19(17)35-22(37)16-5-3-4-6-18(16)26/h3-11H,1-2H3,(H2,34,36)(H,35,37). The summed E-state index contributed by atoms with van der Waals surface area (Å²) >= 11 is 0. The van der Waals surface area contributed by atoms with Gasteiger partial charge in [0, 0.05) is 22.4 Å². The van der Waals surface area contributed by atoms with Crippen molar-refractivity contribution in [3.63, 3.8) is 0 Å². The summed E-state index contributed by atoms with van der Waals surface area (Å²) < 4.78 is 108. The largest absolute Gasteiger partial charge is 0.435 e. The number of hydrogen-bond acceptors (Lipinski definition) is 2. The fourth-order valence-corrected chi connectivity index (χ4v) is 3.93. The maximum absolute atomic E-state index is 14.7. The third-order valence-corrected chi connectivity index (χ3v) is 5.65. The van der Waals surface area contributed by atoms with E-state index in [2.05, 4.69) is 5.32 Å². The van der Waals surface area contributed by atoms with Gasteiger partial charge in [-0.2, -0.15) is 26.3 Å². The lowest BCUT2D eigenvalue weighted by Crippen LogP contribution is -2.50. The van der Waals surface area contributed by atoms with Gasteiger partial charge in [0.1, 0.15) is 5.82 Å². The smallest absolute Gasteiger partial charge is 0.366 e. The molecule has 37 heavy (non-hydrogen) atoms. The molecule has 0 atom stereocenters. The molecule has 0 heterocycles. The van der Waals surface area contributed by atoms with Gasteiger partial charge in [-0.15, -0.1) is 0 Å². The molecule has 0 aromatic heterocycles. The van der Waals surface area contributed by atoms with Crippen LogP contribution >= 0.6 is 0 Å². The molecule has 3 aromatic carbocycles. The molecule has 0 unspecified atom stereocenters. The summed E-state index contributed by atoms with van der Waals surface area (Å²) in [7, 11) is 0. The molecule has 0 fully saturated rings. The Morgan fingerprint density at radius 2 is 1.35 bits per heavy atom. The van der Waals surface area contributed by atoms with Crippen LogP contribution in [0.5, 0.6) is 0 Å². The van der Waals surface area contributed by atoms with Crippen LogP contribution in [0, 0.1) is 19.7 Å². The van der Waals surface area contributed by atoms with Gasteiger partial charge in [-0.25, -0.2) is 8.78 Å². The van der Waals surface area contributed by atoms with Crippen LogP contribution < -0.4 is 11.1 Å². The Hall–Kier alpha value is -3.96. The topological polar surface area (TPSA) is 72.2 Å². The molecule has 0 spiro atoms. The van der Waals surface area contributed by atoms with Crippen LogP contribution in [0.25, 0.3) is 11.1 Å². The normalized spacial score (nSPS) is 12.4. The summed E-state index contributed by atoms with van der Waals surface area (Å²) in [5.41, 5.74) is -2.92. The minimum atomic E-state index is -6.30. The van der Waals surface area contributed by atoms with E-state index in [9.17, 15) is 44.7 Å². The molecule has 12 heteroatoms. The lowest BCUT2D eigenvalue weighted by Gasteiger charge is -2.31. The van der Waals surface area contributed by atoms with Crippen LogP contribution in [-0.4, -0.2) is 24.2 Å². The van der Waals surface area contributed by atoms with Crippen LogP contribution in [0.1, 0.15) is 37.4 Å². The second-order valence-electron chi connectivity index (χ2n) is 8.20. The Morgan fingerprint density at radius 3 is 1.84 bits per heavy atom. The molecule has 3 N–H and O–H groups in total. The van der Waals surface area contributed by atoms with Crippen molar-refractivity contribution in [3.05, 3.63) is 88.2 Å². The number of nitrogens with two attached hydrogens (primary N) is 1. The first-order valence-corrected chi connectivity index (χ1v) is 10.4. The van der Waals surface area contributed by atoms with E-state index in [1.807, 2.05) is 0 Å². The highest BCUT2D eigenvalue weighted by Crippen LogP contribution is 2.54. The van der Waals surface area contributed by atoms with Crippen molar-refractivity contribution in [2.75, 3.05) is 5.32 Å². The first kappa shape index (κ1) is 27.6. The summed E-state index contributed by atoms with van der Waals surface area (Å²) in [6.45, 7) is 2.31. The van der Waals surface area contributed by atoms with E-state index in [4.69, 9.17) is 5.73 Å². The van der Waals surface area contributed by atoms with Crippen molar-refractivity contribution in [2.45, 2.75) is 31.9 Å². The minimum Gasteiger partial charge on any atom is -0.366 e. The second kappa shape index (κ2) is 9.49. The number of aryl methyl sites for hydroxylation is 2. The minimum absolute atomic E-state index is 0.0512. The first-order chi connectivity index (χ1) is 17.0. The van der Waals surface area contributed by atoms with Gasteiger partial charge >= 0.3 is 18.0 Å². The van der Waals surface area contributed by atoms with Gasteiger partial charge in [0.15, 0.2) is 0 Å². The van der Waals surface area contributed by atoms with E-state index >= 15 is 0 Å². The second-order valence-corrected chi connectivity index (χ2v) is 8.20. The van der Waals surface area contributed by atoms with E-state index < -0.39 is 41.2 Å². The van der Waals surface area contributed by atoms with Crippen molar-refractivity contribution in [1.29, 1.82) is 0 Å². The monoisotopic (exact) mass is 530 g/mol. The van der Waals surface area contributed by atoms with Crippen molar-refractivity contribution < 1.29 is 44.7 Å². The molecule has 0 saturated heterocycles. The molecule has 3 aromatic rings. The van der Waals surface area contributed by atoms with Gasteiger partial charge in [0.2, 0.25) is 5.91 Å². The number of halogens is 8. The number of rotatable bonds is 5. The van der Waals surface area contributed by atoms with Crippen LogP contribution in [0.15, 0.2) is 54.6 Å². The average molecular weight is 530 g/mol. The Morgan fingerprint density at radius 1 is 0.811 bits per heavy atom. The van der Waals surface area contributed by atoms with Crippen molar-refractivity contribution >= 4 is 17.5 Å². The number of benzene rings is 3. The highest BCUT2D eigenvalue weighted by Gasteiger charge is 2.73. The van der Waals surface area contributed by atoms with Crippen LogP contribution in [0.3, 0.4) is 0 Å². The lowest BCUT2D eigenvalue weighted by molar-refractivity contribution is -0.348. The summed E-state index contributed by atoms with van der Waals surface area (Å²) in [5, 5.41) is 2.39. The van der Waals surface area contributed by atoms with E-state index in [0.29, 0.717) is 12.1 Å². The predicted molar refractivity (Wildman–Crippen MR) is 119 cm³/mol. The van der Waals surface area contributed by atoms with Crippen molar-refractivity contribution in [3.8, 4) is 11.1 Å². The number of anilines is 1. The quantitative estimate of drug-likeness (QED) is 0.358. The molecule has 196 valence electrons. The Labute approximate surface area is 205 Å². The van der Waals surface area contributed by atoms with E-state index in [0.717, 1.165) is 26.0 Å². The molecule has 0 aliphatic heterocycles. The number of amides is 2. The molecular weight excluding hydrogens is 512 g/mol. The highest BCUT2D eigenvalue weighted by molar-refractivity contribution is 6.07. The molecule has 4 nitrogen and oxygen atoms in total. The zero-order valence-electron chi connectivity index (χ0n) is 19.1. The molecule has 0 radical (unpaired) electrons. The number of primary amides is 1. The number of hydrogen-bond donors (Lipinski definition) is 2. The van der Waals surface area contributed by atoms with Crippen LogP contribution in [0.2, 0.25) is 0 Å². The predicted octanol–water partition coefficient (Wildman–Crippen LogP) is 6.75. The maximum atomic E-state index is 14.7. The Balaban J connectivity index is 2.21. The van der Waals surface area contributed by atoms with Crippen molar-refractivity contribution in [1.82, 2.24) is 0 Å². The fraction of sp³-hybridized carbons (Fsp3) is 0.200. The molecule has 0 aliphatic carbocycles. The summed E-state index contributed by atoms with van der Waals surface area (Å²) in [4.78, 5) is 24.4. The Kier molecular flexibility index (Phi) is 7.08. The zero-order valence-corrected chi connectivity index (χ0v) is 19.1. The van der Waals surface area contributed by atoms with Gasteiger partial charge in [-0.3, -0.25) is 9.59 Å². The number of nitrogens with one attached hydrogen (secondary N) is 1. The summed E-state index contributed by atoms with van der Waals surface area (Å²) in [5.74, 6) is -2.73. The third kappa shape index (κ3) is 5.00. The van der Waals surface area contributed by atoms with Gasteiger partial charge < -0.3 is 11.1 Å². The lowest BCUT2D eigenvalue weighted by atomic mass is 9.86. The molecule has 2 amide bonds. The fourth-order valence-electron chi connectivity index (χ4n) is 3.93. The highest BCUT2D eigenvalue weighted by atomic mass is 19.4. The molecule has 3 rings (SSSR count). The van der Waals surface area contributed by atoms with Gasteiger partial charge in [-0.1, -0.05) is 30.3 Å². The van der Waals surface area contributed by atoms with Crippen LogP contribution in [-0.2, 0) is 5.67 Å². The molecular formula is C25H18F8N2O2. The van der Waals surface area contributed by atoms with Crippen LogP contribution in [0.4, 0.5) is 40.8 Å². The van der Waals surface area contributed by atoms with E-state index in [1.54, 1.807) is 0 Å². The van der Waals surface area contributed by atoms with E-state index in [1.165, 1.54) is 30.3 Å². The number of carbonyl (C=O) groups excluding carboxylic acids is 2. The SMILES string of the molecule is Cc1cc(C(F)(C(F)(F)F)C(F)(F)F)cc(C)c1-c1ccc(C(N)=O)cc1NC(=O)c1ccccc1F. The summed E-state index contributed by atoms with van der Waals surface area (Å²) in [6.07, 6.45) is -12.6. The average Bonchev–Trinajstić information content (AvgIpc) is 2.77. The number of alkyl halides is 7. The molecule has 0 saturated carbocycles. The number of carbonyl (C=O) groups is 2.